The highest BCUT2D eigenvalue weighted by Gasteiger charge is 2.45. The minimum absolute atomic E-state index is 0.0182. The molecule has 1 aromatic heterocycles. The lowest BCUT2D eigenvalue weighted by Crippen LogP contribution is -2.55. The summed E-state index contributed by atoms with van der Waals surface area (Å²) in [5, 5.41) is 5.64. The first-order valence-electron chi connectivity index (χ1n) is 17.9. The van der Waals surface area contributed by atoms with Gasteiger partial charge in [-0.3, -0.25) is 34.3 Å². The number of aromatic nitrogens is 2. The molecule has 1 atom stereocenters. The van der Waals surface area contributed by atoms with Gasteiger partial charge in [0.05, 0.1) is 43.2 Å². The molecule has 1 aliphatic carbocycles. The van der Waals surface area contributed by atoms with Crippen LogP contribution in [0.2, 0.25) is 0 Å². The van der Waals surface area contributed by atoms with Crippen molar-refractivity contribution in [3.05, 3.63) is 107 Å². The van der Waals surface area contributed by atoms with Gasteiger partial charge in [0.15, 0.2) is 5.75 Å². The van der Waals surface area contributed by atoms with E-state index in [1.807, 2.05) is 36.4 Å². The quantitative estimate of drug-likeness (QED) is 0.191. The van der Waals surface area contributed by atoms with Crippen LogP contribution in [0.25, 0.3) is 0 Å². The molecular formula is C40H38F2N6O6. The topological polar surface area (TPSA) is 143 Å². The number of anilines is 1. The van der Waals surface area contributed by atoms with Gasteiger partial charge < -0.3 is 14.8 Å². The number of hydrogen-bond acceptors (Lipinski definition) is 10. The molecule has 4 heterocycles. The number of amides is 4. The molecule has 3 aliphatic heterocycles. The van der Waals surface area contributed by atoms with Crippen LogP contribution in [0.1, 0.15) is 77.2 Å². The molecule has 278 valence electrons. The van der Waals surface area contributed by atoms with E-state index in [-0.39, 0.29) is 61.2 Å². The number of rotatable bonds is 11. The second kappa shape index (κ2) is 13.6. The average Bonchev–Trinajstić information content (AvgIpc) is 3.36. The monoisotopic (exact) mass is 736 g/mol. The normalized spacial score (nSPS) is 22.2. The van der Waals surface area contributed by atoms with E-state index in [4.69, 9.17) is 9.47 Å². The van der Waals surface area contributed by atoms with Gasteiger partial charge in [-0.2, -0.15) is 0 Å². The molecule has 4 aliphatic rings. The molecule has 0 radical (unpaired) electrons. The Morgan fingerprint density at radius 1 is 0.852 bits per heavy atom. The average molecular weight is 737 g/mol. The molecule has 1 unspecified atom stereocenters. The molecule has 4 amide bonds. The zero-order valence-electron chi connectivity index (χ0n) is 29.7. The molecule has 0 bridgehead atoms. The highest BCUT2D eigenvalue weighted by Crippen LogP contribution is 2.36. The highest BCUT2D eigenvalue weighted by molar-refractivity contribution is 6.23. The zero-order valence-corrected chi connectivity index (χ0v) is 29.7. The van der Waals surface area contributed by atoms with E-state index in [1.165, 1.54) is 0 Å². The predicted octanol–water partition coefficient (Wildman–Crippen LogP) is 5.47. The highest BCUT2D eigenvalue weighted by atomic mass is 19.3. The van der Waals surface area contributed by atoms with Crippen LogP contribution in [0.3, 0.4) is 0 Å². The van der Waals surface area contributed by atoms with Gasteiger partial charge >= 0.3 is 0 Å². The van der Waals surface area contributed by atoms with Crippen LogP contribution in [0.4, 0.5) is 14.5 Å². The van der Waals surface area contributed by atoms with Crippen LogP contribution >= 0.6 is 0 Å². The molecule has 0 spiro atoms. The number of likely N-dealkylation sites (tertiary alicyclic amines) is 1. The van der Waals surface area contributed by atoms with Crippen molar-refractivity contribution in [2.75, 3.05) is 18.4 Å². The fourth-order valence-corrected chi connectivity index (χ4v) is 7.36. The number of halogens is 2. The number of fused-ring (bicyclic) bond motifs is 1. The molecule has 2 saturated heterocycles. The van der Waals surface area contributed by atoms with Gasteiger partial charge in [-0.15, -0.1) is 0 Å². The van der Waals surface area contributed by atoms with Gasteiger partial charge in [0.2, 0.25) is 11.8 Å². The third kappa shape index (κ3) is 7.00. The van der Waals surface area contributed by atoms with Crippen LogP contribution in [-0.4, -0.2) is 80.6 Å². The summed E-state index contributed by atoms with van der Waals surface area (Å²) in [4.78, 5) is 61.1. The maximum atomic E-state index is 13.2. The minimum atomic E-state index is -2.62. The Morgan fingerprint density at radius 3 is 2.11 bits per heavy atom. The maximum Gasteiger partial charge on any atom is 0.272 e. The first kappa shape index (κ1) is 35.3. The van der Waals surface area contributed by atoms with Gasteiger partial charge in [0.25, 0.3) is 17.7 Å². The fourth-order valence-electron chi connectivity index (χ4n) is 7.36. The van der Waals surface area contributed by atoms with Gasteiger partial charge in [-0.1, -0.05) is 38.1 Å². The van der Waals surface area contributed by atoms with Crippen molar-refractivity contribution in [3.8, 4) is 17.2 Å². The number of hydrogen-bond donors (Lipinski definition) is 2. The minimum Gasteiger partial charge on any atom is -0.490 e. The Morgan fingerprint density at radius 2 is 1.48 bits per heavy atom. The number of nitrogens with one attached hydrogen (secondary N) is 2. The van der Waals surface area contributed by atoms with E-state index in [9.17, 15) is 28.0 Å². The van der Waals surface area contributed by atoms with Gasteiger partial charge in [0, 0.05) is 36.4 Å². The van der Waals surface area contributed by atoms with Crippen LogP contribution in [0, 0.1) is 0 Å². The lowest BCUT2D eigenvalue weighted by molar-refractivity contribution is -0.136. The zero-order chi connectivity index (χ0) is 37.8. The van der Waals surface area contributed by atoms with Gasteiger partial charge in [-0.25, -0.2) is 18.7 Å². The molecule has 54 heavy (non-hydrogen) atoms. The Labute approximate surface area is 309 Å². The first-order chi connectivity index (χ1) is 25.8. The molecule has 8 rings (SSSR count). The van der Waals surface area contributed by atoms with Crippen LogP contribution in [0.15, 0.2) is 79.1 Å². The third-order valence-electron chi connectivity index (χ3n) is 10.6. The summed E-state index contributed by atoms with van der Waals surface area (Å²) in [7, 11) is 0. The molecule has 4 aromatic rings. The maximum absolute atomic E-state index is 13.2. The molecule has 2 N–H and O–H groups in total. The van der Waals surface area contributed by atoms with Crippen molar-refractivity contribution in [1.29, 1.82) is 0 Å². The lowest BCUT2D eigenvalue weighted by atomic mass is 9.78. The summed E-state index contributed by atoms with van der Waals surface area (Å²) >= 11 is 0. The number of alkyl halides is 2. The Hall–Kier alpha value is -5.76. The molecular weight excluding hydrogens is 698 g/mol. The predicted molar refractivity (Wildman–Crippen MR) is 192 cm³/mol. The largest absolute Gasteiger partial charge is 0.490 e. The Balaban J connectivity index is 0.812. The van der Waals surface area contributed by atoms with E-state index in [0.29, 0.717) is 23.0 Å². The van der Waals surface area contributed by atoms with Crippen molar-refractivity contribution in [3.63, 3.8) is 0 Å². The number of benzene rings is 3. The third-order valence-corrected chi connectivity index (χ3v) is 10.6. The summed E-state index contributed by atoms with van der Waals surface area (Å²) in [6.07, 6.45) is 4.80. The summed E-state index contributed by atoms with van der Waals surface area (Å²) in [6, 6.07) is 20.0. The second-order valence-electron chi connectivity index (χ2n) is 14.9. The van der Waals surface area contributed by atoms with E-state index in [1.54, 1.807) is 35.5 Å². The Kier molecular flexibility index (Phi) is 8.87. The van der Waals surface area contributed by atoms with Crippen molar-refractivity contribution in [2.24, 2.45) is 0 Å². The number of imide groups is 2. The lowest BCUT2D eigenvalue weighted by Gasteiger charge is -2.38. The molecule has 1 saturated carbocycles. The summed E-state index contributed by atoms with van der Waals surface area (Å²) in [5.41, 5.74) is 3.09. The van der Waals surface area contributed by atoms with Crippen molar-refractivity contribution in [2.45, 2.75) is 75.6 Å². The van der Waals surface area contributed by atoms with Gasteiger partial charge in [0.1, 0.15) is 29.5 Å². The number of piperidine rings is 1. The number of carbonyl (C=O) groups is 4. The van der Waals surface area contributed by atoms with Crippen LogP contribution in [0.5, 0.6) is 17.2 Å². The second-order valence-corrected chi connectivity index (χ2v) is 14.9. The van der Waals surface area contributed by atoms with Crippen molar-refractivity contribution < 1.29 is 37.4 Å². The van der Waals surface area contributed by atoms with E-state index >= 15 is 0 Å². The fraction of sp³-hybridized carbons (Fsp3) is 0.350. The Bertz CT molecular complexity index is 2110. The van der Waals surface area contributed by atoms with E-state index < -0.39 is 35.6 Å². The smallest absolute Gasteiger partial charge is 0.272 e. The molecule has 3 fully saturated rings. The van der Waals surface area contributed by atoms with Crippen LogP contribution < -0.4 is 20.1 Å². The summed E-state index contributed by atoms with van der Waals surface area (Å²) < 4.78 is 38.3. The summed E-state index contributed by atoms with van der Waals surface area (Å²) in [5.74, 6) is -2.40. The number of ether oxygens (including phenoxy) is 2. The molecule has 3 aromatic carbocycles. The SMILES string of the molecule is CC(C)(c1ccc(Oc2cnc(CN3CC(F)(F)C3)nc2)cc1)c1ccc(O[C@H]2C[C@H](Nc3ccc4c(c3)C(=O)N(C3CCC(=O)NC3=O)C4=O)C2)cc1. The van der Waals surface area contributed by atoms with E-state index in [0.717, 1.165) is 34.6 Å². The molecule has 12 nitrogen and oxygen atoms in total. The number of carbonyl (C=O) groups excluding carboxylic acids is 4. The molecule has 14 heteroatoms. The summed E-state index contributed by atoms with van der Waals surface area (Å²) in [6.45, 7) is 4.02. The van der Waals surface area contributed by atoms with Crippen molar-refractivity contribution in [1.82, 2.24) is 25.1 Å². The van der Waals surface area contributed by atoms with E-state index in [2.05, 4.69) is 46.6 Å². The van der Waals surface area contributed by atoms with Crippen LogP contribution in [-0.2, 0) is 21.5 Å². The number of nitrogens with zero attached hydrogens (tertiary/aromatic N) is 4. The first-order valence-corrected chi connectivity index (χ1v) is 17.9. The van der Waals surface area contributed by atoms with Crippen molar-refractivity contribution >= 4 is 29.3 Å². The van der Waals surface area contributed by atoms with Gasteiger partial charge in [-0.05, 0) is 60.0 Å². The standard InChI is InChI=1S/C40H38F2N6O6/c1-39(2,24-5-10-28(11-6-24)54-30-18-43-34(44-19-30)20-47-21-40(41,42)22-47)23-3-8-27(9-4-23)53-29-15-26(16-29)45-25-7-12-31-32(17-25)38(52)48(37(31)51)33-13-14-35(49)46-36(33)50/h3-12,17-19,26,29,33,45H,13-16,20-22H2,1-2H3,(H,46,49,50)/t26-,29-,33?.